The van der Waals surface area contributed by atoms with Crippen molar-refractivity contribution in [3.05, 3.63) is 47.5 Å². The molecule has 34 heavy (non-hydrogen) atoms. The molecule has 10 nitrogen and oxygen atoms in total. The number of morpholine rings is 1. The van der Waals surface area contributed by atoms with Gasteiger partial charge < -0.3 is 29.6 Å². The Morgan fingerprint density at radius 3 is 2.71 bits per heavy atom. The number of nitrogens with one attached hydrogen (secondary N) is 2. The normalized spacial score (nSPS) is 16.1. The Balaban J connectivity index is 1.59. The third-order valence-corrected chi connectivity index (χ3v) is 5.71. The van der Waals surface area contributed by atoms with Gasteiger partial charge >= 0.3 is 0 Å². The molecule has 5 rings (SSSR count). The monoisotopic (exact) mass is 468 g/mol. The fraction of sp³-hybridized carbons (Fsp3) is 0.348. The highest BCUT2D eigenvalue weighted by Crippen LogP contribution is 2.30. The van der Waals surface area contributed by atoms with Gasteiger partial charge in [-0.25, -0.2) is 14.4 Å². The fourth-order valence-corrected chi connectivity index (χ4v) is 3.94. The van der Waals surface area contributed by atoms with E-state index in [1.165, 1.54) is 13.2 Å². The maximum absolute atomic E-state index is 14.5. The van der Waals surface area contributed by atoms with Crippen molar-refractivity contribution in [1.29, 1.82) is 0 Å². The van der Waals surface area contributed by atoms with Gasteiger partial charge in [-0.3, -0.25) is 0 Å². The van der Waals surface area contributed by atoms with Crippen molar-refractivity contribution in [1.82, 2.24) is 24.9 Å². The van der Waals surface area contributed by atoms with Crippen LogP contribution in [-0.2, 0) is 11.3 Å². The molecule has 4 aromatic rings. The number of methoxy groups -OCH3 is 3. The Hall–Kier alpha value is -3.70. The number of ether oxygens (including phenoxy) is 4. The van der Waals surface area contributed by atoms with Crippen molar-refractivity contribution in [2.45, 2.75) is 12.6 Å². The molecule has 2 aromatic carbocycles. The van der Waals surface area contributed by atoms with Gasteiger partial charge in [0, 0.05) is 42.7 Å². The fourth-order valence-electron chi connectivity index (χ4n) is 3.94. The van der Waals surface area contributed by atoms with Crippen LogP contribution in [0.3, 0.4) is 0 Å². The van der Waals surface area contributed by atoms with E-state index in [2.05, 4.69) is 15.7 Å². The molecule has 0 bridgehead atoms. The van der Waals surface area contributed by atoms with E-state index in [0.717, 1.165) is 12.1 Å². The zero-order chi connectivity index (χ0) is 23.7. The maximum atomic E-state index is 14.5. The smallest absolute Gasteiger partial charge is 0.226 e. The van der Waals surface area contributed by atoms with Crippen LogP contribution in [0.2, 0.25) is 0 Å². The van der Waals surface area contributed by atoms with E-state index in [0.29, 0.717) is 59.5 Å². The van der Waals surface area contributed by atoms with Crippen molar-refractivity contribution < 1.29 is 23.3 Å². The summed E-state index contributed by atoms with van der Waals surface area (Å²) in [6.07, 6.45) is -0.304. The van der Waals surface area contributed by atoms with Gasteiger partial charge in [0.25, 0.3) is 0 Å². The molecule has 178 valence electrons. The van der Waals surface area contributed by atoms with Crippen molar-refractivity contribution >= 4 is 22.5 Å². The highest BCUT2D eigenvalue weighted by atomic mass is 19.1. The van der Waals surface area contributed by atoms with E-state index in [4.69, 9.17) is 28.9 Å². The highest BCUT2D eigenvalue weighted by molar-refractivity contribution is 5.93. The largest absolute Gasteiger partial charge is 0.497 e. The molecule has 1 saturated heterocycles. The standard InChI is InChI=1S/C23H25FN6O4/c1-31-14-5-4-13(18(8-14)32-2)11-26-23-27-17-10-19(33-3)16(24)9-15(17)22-28-21(29-30(22)23)20-12-25-6-7-34-20/h4-5,8-10,20,25H,6-7,11-12H2,1-3H3,(H,26,27). The van der Waals surface area contributed by atoms with Gasteiger partial charge in [0.05, 0.1) is 33.5 Å². The van der Waals surface area contributed by atoms with Gasteiger partial charge in [-0.1, -0.05) is 0 Å². The van der Waals surface area contributed by atoms with Crippen molar-refractivity contribution in [2.75, 3.05) is 46.3 Å². The molecular formula is C23H25FN6O4. The first-order valence-corrected chi connectivity index (χ1v) is 10.8. The quantitative estimate of drug-likeness (QED) is 0.424. The second-order valence-electron chi connectivity index (χ2n) is 7.74. The summed E-state index contributed by atoms with van der Waals surface area (Å²) in [6, 6.07) is 8.50. The first-order chi connectivity index (χ1) is 16.6. The molecule has 2 aromatic heterocycles. The van der Waals surface area contributed by atoms with Gasteiger partial charge in [-0.15, -0.1) is 5.10 Å². The summed E-state index contributed by atoms with van der Waals surface area (Å²) in [6.45, 7) is 2.33. The Labute approximate surface area is 195 Å². The van der Waals surface area contributed by atoms with Gasteiger partial charge in [0.2, 0.25) is 5.95 Å². The number of anilines is 1. The lowest BCUT2D eigenvalue weighted by atomic mass is 10.2. The van der Waals surface area contributed by atoms with Crippen LogP contribution in [0, 0.1) is 5.82 Å². The summed E-state index contributed by atoms with van der Waals surface area (Å²) in [5, 5.41) is 11.8. The second-order valence-corrected chi connectivity index (χ2v) is 7.74. The van der Waals surface area contributed by atoms with Crippen LogP contribution in [0.15, 0.2) is 30.3 Å². The van der Waals surface area contributed by atoms with Crippen LogP contribution < -0.4 is 24.8 Å². The zero-order valence-electron chi connectivity index (χ0n) is 19.1. The number of fused-ring (bicyclic) bond motifs is 3. The third kappa shape index (κ3) is 4.03. The van der Waals surface area contributed by atoms with E-state index >= 15 is 0 Å². The Bertz CT molecular complexity index is 1340. The number of halogens is 1. The van der Waals surface area contributed by atoms with E-state index < -0.39 is 5.82 Å². The number of nitrogens with zero attached hydrogens (tertiary/aromatic N) is 4. The Morgan fingerprint density at radius 1 is 1.12 bits per heavy atom. The van der Waals surface area contributed by atoms with Crippen molar-refractivity contribution in [3.8, 4) is 17.2 Å². The highest BCUT2D eigenvalue weighted by Gasteiger charge is 2.23. The molecule has 0 saturated carbocycles. The Morgan fingerprint density at radius 2 is 1.97 bits per heavy atom. The van der Waals surface area contributed by atoms with E-state index in [9.17, 15) is 4.39 Å². The number of hydrogen-bond acceptors (Lipinski definition) is 9. The molecule has 1 aliphatic heterocycles. The topological polar surface area (TPSA) is 104 Å². The molecule has 0 amide bonds. The summed E-state index contributed by atoms with van der Waals surface area (Å²) < 4.78 is 37.9. The van der Waals surface area contributed by atoms with E-state index in [1.54, 1.807) is 24.8 Å². The molecule has 3 heterocycles. The Kier molecular flexibility index (Phi) is 6.03. The molecule has 1 aliphatic rings. The van der Waals surface area contributed by atoms with Crippen LogP contribution in [-0.4, -0.2) is 60.6 Å². The summed E-state index contributed by atoms with van der Waals surface area (Å²) in [4.78, 5) is 9.39. The zero-order valence-corrected chi connectivity index (χ0v) is 19.1. The van der Waals surface area contributed by atoms with Gasteiger partial charge in [0.1, 0.15) is 17.6 Å². The van der Waals surface area contributed by atoms with Gasteiger partial charge in [-0.05, 0) is 18.2 Å². The predicted molar refractivity (Wildman–Crippen MR) is 123 cm³/mol. The van der Waals surface area contributed by atoms with Crippen LogP contribution in [0.1, 0.15) is 17.5 Å². The molecule has 1 fully saturated rings. The van der Waals surface area contributed by atoms with E-state index in [-0.39, 0.29) is 11.9 Å². The summed E-state index contributed by atoms with van der Waals surface area (Å²) in [5.74, 6) is 1.92. The molecule has 2 N–H and O–H groups in total. The van der Waals surface area contributed by atoms with Gasteiger partial charge in [-0.2, -0.15) is 4.52 Å². The number of rotatable bonds is 7. The molecule has 11 heteroatoms. The van der Waals surface area contributed by atoms with Crippen LogP contribution in [0.25, 0.3) is 16.6 Å². The summed E-state index contributed by atoms with van der Waals surface area (Å²) >= 11 is 0. The number of aromatic nitrogens is 4. The van der Waals surface area contributed by atoms with Crippen LogP contribution >= 0.6 is 0 Å². The number of hydrogen-bond donors (Lipinski definition) is 2. The average Bonchev–Trinajstić information content (AvgIpc) is 3.33. The van der Waals surface area contributed by atoms with E-state index in [1.807, 2.05) is 18.2 Å². The van der Waals surface area contributed by atoms with Crippen molar-refractivity contribution in [3.63, 3.8) is 0 Å². The minimum absolute atomic E-state index is 0.103. The molecular weight excluding hydrogens is 443 g/mol. The average molecular weight is 468 g/mol. The maximum Gasteiger partial charge on any atom is 0.226 e. The van der Waals surface area contributed by atoms with Crippen LogP contribution in [0.4, 0.5) is 10.3 Å². The molecule has 0 spiro atoms. The summed E-state index contributed by atoms with van der Waals surface area (Å²) in [7, 11) is 4.63. The van der Waals surface area contributed by atoms with Crippen molar-refractivity contribution in [2.24, 2.45) is 0 Å². The predicted octanol–water partition coefficient (Wildman–Crippen LogP) is 2.72. The summed E-state index contributed by atoms with van der Waals surface area (Å²) in [5.41, 5.74) is 1.90. The molecule has 1 unspecified atom stereocenters. The minimum atomic E-state index is -0.498. The molecule has 0 radical (unpaired) electrons. The lowest BCUT2D eigenvalue weighted by Crippen LogP contribution is -2.33. The first-order valence-electron chi connectivity index (χ1n) is 10.8. The van der Waals surface area contributed by atoms with Crippen LogP contribution in [0.5, 0.6) is 17.2 Å². The first kappa shape index (κ1) is 22.1. The van der Waals surface area contributed by atoms with Gasteiger partial charge in [0.15, 0.2) is 23.0 Å². The second kappa shape index (κ2) is 9.27. The third-order valence-electron chi connectivity index (χ3n) is 5.71. The molecule has 1 atom stereocenters. The lowest BCUT2D eigenvalue weighted by Gasteiger charge is -2.20. The molecule has 0 aliphatic carbocycles. The number of benzene rings is 2. The SMILES string of the molecule is COc1ccc(CNc2nc3cc(OC)c(F)cc3c3nc(C4CNCCO4)nn23)c(OC)c1. The lowest BCUT2D eigenvalue weighted by molar-refractivity contribution is 0.0223. The minimum Gasteiger partial charge on any atom is -0.497 e.